The van der Waals surface area contributed by atoms with Crippen molar-refractivity contribution in [3.8, 4) is 17.6 Å². The Kier molecular flexibility index (Phi) is 8.14. The molecule has 0 aliphatic carbocycles. The third kappa shape index (κ3) is 6.83. The predicted molar refractivity (Wildman–Crippen MR) is 135 cm³/mol. The van der Waals surface area contributed by atoms with Crippen LogP contribution in [0.25, 0.3) is 0 Å². The summed E-state index contributed by atoms with van der Waals surface area (Å²) in [6.45, 7) is 10.2. The first-order valence-electron chi connectivity index (χ1n) is 11.6. The summed E-state index contributed by atoms with van der Waals surface area (Å²) in [5, 5.41) is 12.9. The lowest BCUT2D eigenvalue weighted by atomic mass is 9.87. The average molecular weight is 475 g/mol. The van der Waals surface area contributed by atoms with Crippen LogP contribution < -0.4 is 10.1 Å². The number of carbonyl (C=O) groups excluding carboxylic acids is 1. The van der Waals surface area contributed by atoms with E-state index in [9.17, 15) is 14.4 Å². The third-order valence-corrected chi connectivity index (χ3v) is 5.57. The summed E-state index contributed by atoms with van der Waals surface area (Å²) in [6.07, 6.45) is -1.22. The van der Waals surface area contributed by atoms with Gasteiger partial charge >= 0.3 is 5.97 Å². The van der Waals surface area contributed by atoms with Gasteiger partial charge in [-0.25, -0.2) is 9.18 Å². The first kappa shape index (κ1) is 25.8. The van der Waals surface area contributed by atoms with Gasteiger partial charge in [0.2, 0.25) is 6.10 Å². The number of nitriles is 1. The summed E-state index contributed by atoms with van der Waals surface area (Å²) in [7, 11) is 0. The van der Waals surface area contributed by atoms with Crippen LogP contribution in [0.15, 0.2) is 72.8 Å². The summed E-state index contributed by atoms with van der Waals surface area (Å²) in [4.78, 5) is 13.1. The van der Waals surface area contributed by atoms with Gasteiger partial charge in [0.15, 0.2) is 11.6 Å². The third-order valence-electron chi connectivity index (χ3n) is 5.57. The second kappa shape index (κ2) is 11.1. The maximum Gasteiger partial charge on any atom is 0.330 e. The summed E-state index contributed by atoms with van der Waals surface area (Å²) < 4.78 is 25.5. The molecule has 1 N–H and O–H groups in total. The van der Waals surface area contributed by atoms with Crippen LogP contribution in [-0.2, 0) is 14.9 Å². The van der Waals surface area contributed by atoms with E-state index in [1.165, 1.54) is 23.8 Å². The number of rotatable bonds is 8. The molecule has 0 heterocycles. The van der Waals surface area contributed by atoms with Gasteiger partial charge in [-0.3, -0.25) is 0 Å². The van der Waals surface area contributed by atoms with E-state index in [0.717, 1.165) is 5.69 Å². The molecule has 2 atom stereocenters. The Labute approximate surface area is 206 Å². The van der Waals surface area contributed by atoms with Crippen LogP contribution in [0.3, 0.4) is 0 Å². The summed E-state index contributed by atoms with van der Waals surface area (Å²) in [5.74, 6) is -0.852. The molecule has 0 saturated carbocycles. The molecule has 0 radical (unpaired) electrons. The number of anilines is 1. The maximum absolute atomic E-state index is 14.3. The molecule has 0 fully saturated rings. The number of halogens is 1. The van der Waals surface area contributed by atoms with Gasteiger partial charge in [-0.15, -0.1) is 0 Å². The number of esters is 1. The lowest BCUT2D eigenvalue weighted by molar-refractivity contribution is -0.148. The second-order valence-electron chi connectivity index (χ2n) is 9.74. The Bertz CT molecular complexity index is 1180. The Morgan fingerprint density at radius 1 is 1.00 bits per heavy atom. The van der Waals surface area contributed by atoms with Crippen molar-refractivity contribution in [3.05, 3.63) is 89.7 Å². The van der Waals surface area contributed by atoms with Crippen LogP contribution in [0.2, 0.25) is 0 Å². The Morgan fingerprint density at radius 2 is 1.66 bits per heavy atom. The van der Waals surface area contributed by atoms with Gasteiger partial charge < -0.3 is 14.8 Å². The zero-order chi connectivity index (χ0) is 25.6. The molecule has 6 heteroatoms. The van der Waals surface area contributed by atoms with Gasteiger partial charge in [0.25, 0.3) is 0 Å². The van der Waals surface area contributed by atoms with Crippen molar-refractivity contribution in [2.45, 2.75) is 52.2 Å². The quantitative estimate of drug-likeness (QED) is 0.351. The normalized spacial score (nSPS) is 13.0. The molecule has 0 amide bonds. The summed E-state index contributed by atoms with van der Waals surface area (Å²) in [6, 6.07) is 22.0. The van der Waals surface area contributed by atoms with Crippen molar-refractivity contribution in [2.24, 2.45) is 5.92 Å². The molecule has 0 bridgehead atoms. The molecular weight excluding hydrogens is 443 g/mol. The van der Waals surface area contributed by atoms with E-state index < -0.39 is 23.9 Å². The molecule has 2 unspecified atom stereocenters. The molecule has 0 aromatic heterocycles. The van der Waals surface area contributed by atoms with Gasteiger partial charge in [-0.05, 0) is 53.3 Å². The SMILES string of the molecule is CC(C)C(Nc1ccc(C(C)(C)C)cc1)C(=O)OC(C#N)c1ccc(F)c(Oc2ccccc2)c1. The number of benzene rings is 3. The number of nitrogens with one attached hydrogen (secondary N) is 1. The predicted octanol–water partition coefficient (Wildman–Crippen LogP) is 7.16. The van der Waals surface area contributed by atoms with Crippen molar-refractivity contribution in [2.75, 3.05) is 5.32 Å². The number of hydrogen-bond donors (Lipinski definition) is 1. The first-order valence-corrected chi connectivity index (χ1v) is 11.6. The minimum atomic E-state index is -1.22. The van der Waals surface area contributed by atoms with E-state index in [1.54, 1.807) is 24.3 Å². The van der Waals surface area contributed by atoms with E-state index in [1.807, 2.05) is 50.2 Å². The van der Waals surface area contributed by atoms with Crippen molar-refractivity contribution < 1.29 is 18.7 Å². The smallest absolute Gasteiger partial charge is 0.330 e. The van der Waals surface area contributed by atoms with Crippen LogP contribution in [-0.4, -0.2) is 12.0 Å². The van der Waals surface area contributed by atoms with Gasteiger partial charge in [0.1, 0.15) is 17.9 Å². The molecule has 3 aromatic carbocycles. The fraction of sp³-hybridized carbons (Fsp3) is 0.310. The molecule has 0 aliphatic rings. The van der Waals surface area contributed by atoms with Crippen LogP contribution in [0.1, 0.15) is 51.8 Å². The molecule has 3 rings (SSSR count). The molecule has 35 heavy (non-hydrogen) atoms. The topological polar surface area (TPSA) is 71.3 Å². The fourth-order valence-electron chi connectivity index (χ4n) is 3.48. The largest absolute Gasteiger partial charge is 0.454 e. The van der Waals surface area contributed by atoms with Crippen molar-refractivity contribution in [3.63, 3.8) is 0 Å². The number of nitrogens with zero attached hydrogens (tertiary/aromatic N) is 1. The number of carbonyl (C=O) groups is 1. The van der Waals surface area contributed by atoms with Crippen LogP contribution in [0.4, 0.5) is 10.1 Å². The highest BCUT2D eigenvalue weighted by Crippen LogP contribution is 2.30. The second-order valence-corrected chi connectivity index (χ2v) is 9.74. The Balaban J connectivity index is 1.75. The number of para-hydroxylation sites is 1. The summed E-state index contributed by atoms with van der Waals surface area (Å²) in [5.41, 5.74) is 2.31. The van der Waals surface area contributed by atoms with E-state index >= 15 is 0 Å². The van der Waals surface area contributed by atoms with E-state index in [2.05, 4.69) is 26.1 Å². The number of hydrogen-bond acceptors (Lipinski definition) is 5. The zero-order valence-corrected chi connectivity index (χ0v) is 20.7. The lowest BCUT2D eigenvalue weighted by Gasteiger charge is -2.24. The monoisotopic (exact) mass is 474 g/mol. The van der Waals surface area contributed by atoms with Gasteiger partial charge in [-0.2, -0.15) is 5.26 Å². The summed E-state index contributed by atoms with van der Waals surface area (Å²) >= 11 is 0. The highest BCUT2D eigenvalue weighted by molar-refractivity contribution is 5.80. The Hall–Kier alpha value is -3.85. The minimum absolute atomic E-state index is 0.0210. The standard InChI is InChI=1S/C29H31FN2O3/c1-19(2)27(32-22-14-12-21(13-15-22)29(3,4)5)28(33)35-26(18-31)20-11-16-24(30)25(17-20)34-23-9-7-6-8-10-23/h6-17,19,26-27,32H,1-5H3. The molecule has 182 valence electrons. The van der Waals surface area contributed by atoms with E-state index in [0.29, 0.717) is 11.3 Å². The van der Waals surface area contributed by atoms with Gasteiger partial charge in [0.05, 0.1) is 0 Å². The highest BCUT2D eigenvalue weighted by atomic mass is 19.1. The molecule has 3 aromatic rings. The van der Waals surface area contributed by atoms with Gasteiger partial charge in [-0.1, -0.05) is 71.0 Å². The van der Waals surface area contributed by atoms with Gasteiger partial charge in [0, 0.05) is 11.3 Å². The van der Waals surface area contributed by atoms with E-state index in [-0.39, 0.29) is 17.1 Å². The highest BCUT2D eigenvalue weighted by Gasteiger charge is 2.28. The van der Waals surface area contributed by atoms with Crippen molar-refractivity contribution in [1.29, 1.82) is 5.26 Å². The van der Waals surface area contributed by atoms with Crippen molar-refractivity contribution in [1.82, 2.24) is 0 Å². The van der Waals surface area contributed by atoms with E-state index in [4.69, 9.17) is 9.47 Å². The maximum atomic E-state index is 14.3. The fourth-order valence-corrected chi connectivity index (χ4v) is 3.48. The average Bonchev–Trinajstić information content (AvgIpc) is 2.82. The molecule has 0 aliphatic heterocycles. The van der Waals surface area contributed by atoms with Crippen LogP contribution in [0, 0.1) is 23.1 Å². The molecule has 0 saturated heterocycles. The minimum Gasteiger partial charge on any atom is -0.454 e. The Morgan fingerprint density at radius 3 is 2.23 bits per heavy atom. The number of ether oxygens (including phenoxy) is 2. The van der Waals surface area contributed by atoms with Crippen LogP contribution in [0.5, 0.6) is 11.5 Å². The van der Waals surface area contributed by atoms with Crippen molar-refractivity contribution >= 4 is 11.7 Å². The lowest BCUT2D eigenvalue weighted by Crippen LogP contribution is -2.36. The molecule has 5 nitrogen and oxygen atoms in total. The molecule has 0 spiro atoms. The zero-order valence-electron chi connectivity index (χ0n) is 20.7. The first-order chi connectivity index (χ1) is 16.6. The molecular formula is C29H31FN2O3. The van der Waals surface area contributed by atoms with Crippen LogP contribution >= 0.6 is 0 Å².